The zero-order chi connectivity index (χ0) is 14.0. The average Bonchev–Trinajstić information content (AvgIpc) is 2.37. The number of halogens is 4. The lowest BCUT2D eigenvalue weighted by atomic mass is 10.2. The Labute approximate surface area is 124 Å². The summed E-state index contributed by atoms with van der Waals surface area (Å²) in [6.07, 6.45) is 0. The molecule has 2 aromatic rings. The van der Waals surface area contributed by atoms with Crippen molar-refractivity contribution < 1.29 is 9.50 Å². The molecule has 0 saturated heterocycles. The van der Waals surface area contributed by atoms with Crippen LogP contribution in [0.15, 0.2) is 30.3 Å². The summed E-state index contributed by atoms with van der Waals surface area (Å²) >= 11 is 17.2. The Morgan fingerprint density at radius 1 is 1.00 bits per heavy atom. The largest absolute Gasteiger partial charge is 0.505 e. The number of phenolic OH excluding ortho intramolecular Hbond substituents is 1. The Morgan fingerprint density at radius 3 is 2.21 bits per heavy atom. The summed E-state index contributed by atoms with van der Waals surface area (Å²) in [7, 11) is 0. The van der Waals surface area contributed by atoms with Crippen molar-refractivity contribution in [2.24, 2.45) is 0 Å². The van der Waals surface area contributed by atoms with E-state index in [0.717, 1.165) is 5.56 Å². The molecule has 0 aliphatic rings. The lowest BCUT2D eigenvalue weighted by Crippen LogP contribution is -2.00. The molecule has 0 saturated carbocycles. The molecule has 0 heterocycles. The lowest BCUT2D eigenvalue weighted by molar-refractivity contribution is 0.476. The molecular weight excluding hydrogens is 312 g/mol. The number of phenols is 1. The van der Waals surface area contributed by atoms with Gasteiger partial charge >= 0.3 is 0 Å². The molecule has 0 aliphatic heterocycles. The quantitative estimate of drug-likeness (QED) is 0.771. The summed E-state index contributed by atoms with van der Waals surface area (Å²) in [4.78, 5) is 0. The maximum atomic E-state index is 13.3. The molecule has 100 valence electrons. The minimum Gasteiger partial charge on any atom is -0.505 e. The summed E-state index contributed by atoms with van der Waals surface area (Å²) in [5.41, 5.74) is 1.35. The highest BCUT2D eigenvalue weighted by molar-refractivity contribution is 6.37. The molecule has 0 aliphatic carbocycles. The topological polar surface area (TPSA) is 32.3 Å². The second-order valence-electron chi connectivity index (χ2n) is 3.89. The summed E-state index contributed by atoms with van der Waals surface area (Å²) in [6, 6.07) is 7.62. The van der Waals surface area contributed by atoms with Crippen molar-refractivity contribution >= 4 is 40.5 Å². The van der Waals surface area contributed by atoms with Gasteiger partial charge in [-0.15, -0.1) is 0 Å². The molecule has 19 heavy (non-hydrogen) atoms. The molecule has 0 spiro atoms. The van der Waals surface area contributed by atoms with E-state index in [4.69, 9.17) is 34.8 Å². The third-order valence-electron chi connectivity index (χ3n) is 2.50. The van der Waals surface area contributed by atoms with E-state index >= 15 is 0 Å². The number of rotatable bonds is 3. The smallest absolute Gasteiger partial charge is 0.152 e. The summed E-state index contributed by atoms with van der Waals surface area (Å²) in [6.45, 7) is 0.380. The van der Waals surface area contributed by atoms with E-state index in [9.17, 15) is 9.50 Å². The molecule has 6 heteroatoms. The lowest BCUT2D eigenvalue weighted by Gasteiger charge is -2.09. The molecule has 2 aromatic carbocycles. The molecule has 2 rings (SSSR count). The molecule has 0 amide bonds. The predicted molar refractivity (Wildman–Crippen MR) is 76.9 cm³/mol. The van der Waals surface area contributed by atoms with E-state index < -0.39 is 5.82 Å². The van der Waals surface area contributed by atoms with E-state index in [2.05, 4.69) is 5.32 Å². The van der Waals surface area contributed by atoms with Crippen LogP contribution in [0.5, 0.6) is 5.75 Å². The van der Waals surface area contributed by atoms with Gasteiger partial charge in [-0.2, -0.15) is 0 Å². The third kappa shape index (κ3) is 3.44. The average molecular weight is 321 g/mol. The van der Waals surface area contributed by atoms with Crippen LogP contribution in [-0.2, 0) is 6.54 Å². The van der Waals surface area contributed by atoms with E-state index in [1.165, 1.54) is 24.3 Å². The number of hydrogen-bond acceptors (Lipinski definition) is 2. The number of anilines is 1. The van der Waals surface area contributed by atoms with Crippen LogP contribution in [0.1, 0.15) is 5.56 Å². The minimum atomic E-state index is -0.470. The van der Waals surface area contributed by atoms with E-state index in [-0.39, 0.29) is 20.8 Å². The Bertz CT molecular complexity index is 596. The number of aromatic hydroxyl groups is 1. The van der Waals surface area contributed by atoms with Crippen molar-refractivity contribution in [3.63, 3.8) is 0 Å². The van der Waals surface area contributed by atoms with Crippen molar-refractivity contribution in [3.8, 4) is 5.75 Å². The second-order valence-corrected chi connectivity index (χ2v) is 5.11. The zero-order valence-electron chi connectivity index (χ0n) is 9.55. The Morgan fingerprint density at radius 2 is 1.63 bits per heavy atom. The Hall–Kier alpha value is -1.16. The number of nitrogens with one attached hydrogen (secondary N) is 1. The van der Waals surface area contributed by atoms with Crippen molar-refractivity contribution in [2.45, 2.75) is 6.54 Å². The first-order valence-corrected chi connectivity index (χ1v) is 6.46. The molecule has 2 N–H and O–H groups in total. The molecular formula is C13H9Cl3FNO. The van der Waals surface area contributed by atoms with E-state index in [1.54, 1.807) is 6.07 Å². The predicted octanol–water partition coefficient (Wildman–Crippen LogP) is 5.10. The fourth-order valence-corrected chi connectivity index (χ4v) is 2.13. The van der Waals surface area contributed by atoms with Crippen LogP contribution in [0.2, 0.25) is 15.1 Å². The van der Waals surface area contributed by atoms with Gasteiger partial charge in [-0.25, -0.2) is 4.39 Å². The summed E-state index contributed by atoms with van der Waals surface area (Å²) in [5.74, 6) is -0.630. The van der Waals surface area contributed by atoms with Gasteiger partial charge in [0.1, 0.15) is 5.82 Å². The van der Waals surface area contributed by atoms with Crippen molar-refractivity contribution in [2.75, 3.05) is 5.32 Å². The van der Waals surface area contributed by atoms with Crippen molar-refractivity contribution in [3.05, 3.63) is 56.8 Å². The van der Waals surface area contributed by atoms with Gasteiger partial charge in [0.15, 0.2) is 5.75 Å². The highest BCUT2D eigenvalue weighted by atomic mass is 35.5. The van der Waals surface area contributed by atoms with E-state index in [0.29, 0.717) is 12.2 Å². The van der Waals surface area contributed by atoms with Crippen LogP contribution in [0.3, 0.4) is 0 Å². The Balaban J connectivity index is 2.12. The first-order chi connectivity index (χ1) is 8.97. The van der Waals surface area contributed by atoms with Gasteiger partial charge in [0.05, 0.1) is 15.1 Å². The summed E-state index contributed by atoms with van der Waals surface area (Å²) < 4.78 is 13.3. The number of benzene rings is 2. The maximum Gasteiger partial charge on any atom is 0.152 e. The highest BCUT2D eigenvalue weighted by Gasteiger charge is 2.07. The molecule has 0 bridgehead atoms. The molecule has 0 unspecified atom stereocenters. The van der Waals surface area contributed by atoms with Gasteiger partial charge in [-0.3, -0.25) is 0 Å². The standard InChI is InChI=1S/C13H9Cl3FNO/c14-9-2-1-7(3-12(9)17)6-18-8-4-10(15)13(19)11(16)5-8/h1-5,18-19H,6H2. The molecule has 0 aromatic heterocycles. The molecule has 2 nitrogen and oxygen atoms in total. The van der Waals surface area contributed by atoms with Crippen LogP contribution in [0.25, 0.3) is 0 Å². The fourth-order valence-electron chi connectivity index (χ4n) is 1.52. The van der Waals surface area contributed by atoms with Crippen LogP contribution in [0, 0.1) is 5.82 Å². The SMILES string of the molecule is Oc1c(Cl)cc(NCc2ccc(Cl)c(F)c2)cc1Cl. The van der Waals surface area contributed by atoms with Crippen molar-refractivity contribution in [1.82, 2.24) is 0 Å². The van der Waals surface area contributed by atoms with Crippen LogP contribution < -0.4 is 5.32 Å². The normalized spacial score (nSPS) is 10.5. The van der Waals surface area contributed by atoms with Gasteiger partial charge in [0, 0.05) is 12.2 Å². The van der Waals surface area contributed by atoms with Gasteiger partial charge in [0.25, 0.3) is 0 Å². The van der Waals surface area contributed by atoms with Crippen LogP contribution >= 0.6 is 34.8 Å². The first-order valence-electron chi connectivity index (χ1n) is 5.33. The number of hydrogen-bond donors (Lipinski definition) is 2. The van der Waals surface area contributed by atoms with Gasteiger partial charge in [0.2, 0.25) is 0 Å². The third-order valence-corrected chi connectivity index (χ3v) is 3.38. The van der Waals surface area contributed by atoms with Crippen LogP contribution in [-0.4, -0.2) is 5.11 Å². The van der Waals surface area contributed by atoms with Gasteiger partial charge < -0.3 is 10.4 Å². The monoisotopic (exact) mass is 319 g/mol. The molecule has 0 radical (unpaired) electrons. The highest BCUT2D eigenvalue weighted by Crippen LogP contribution is 2.34. The fraction of sp³-hybridized carbons (Fsp3) is 0.0769. The molecule has 0 atom stereocenters. The van der Waals surface area contributed by atoms with E-state index in [1.807, 2.05) is 0 Å². The van der Waals surface area contributed by atoms with Gasteiger partial charge in [-0.05, 0) is 29.8 Å². The van der Waals surface area contributed by atoms with Crippen molar-refractivity contribution in [1.29, 1.82) is 0 Å². The Kier molecular flexibility index (Phi) is 4.40. The first kappa shape index (κ1) is 14.3. The van der Waals surface area contributed by atoms with Crippen LogP contribution in [0.4, 0.5) is 10.1 Å². The zero-order valence-corrected chi connectivity index (χ0v) is 11.8. The second kappa shape index (κ2) is 5.87. The molecule has 0 fully saturated rings. The maximum absolute atomic E-state index is 13.3. The minimum absolute atomic E-state index is 0.0828. The summed E-state index contributed by atoms with van der Waals surface area (Å²) in [5, 5.41) is 12.8. The van der Waals surface area contributed by atoms with Gasteiger partial charge in [-0.1, -0.05) is 40.9 Å².